The molecule has 0 aromatic rings. The van der Waals surface area contributed by atoms with E-state index in [1.54, 1.807) is 0 Å². The first-order chi connectivity index (χ1) is 7.24. The fourth-order valence-electron chi connectivity index (χ4n) is 0.671. The standard InChI is InChI=1S/3C4H10N.Fe/c3*1-3-5-4-2;/h3*3-4H2,1-2H3;/q3*-1;+3. The Hall–Kier alpha value is 0.399. The minimum absolute atomic E-state index is 0. The predicted octanol–water partition coefficient (Wildman–Crippen LogP) is 4.20. The van der Waals surface area contributed by atoms with Gasteiger partial charge in [0.25, 0.3) is 0 Å². The summed E-state index contributed by atoms with van der Waals surface area (Å²) in [6, 6.07) is 0. The Morgan fingerprint density at radius 2 is 0.562 bits per heavy atom. The van der Waals surface area contributed by atoms with Crippen molar-refractivity contribution in [1.29, 1.82) is 0 Å². The summed E-state index contributed by atoms with van der Waals surface area (Å²) in [5, 5.41) is 11.9. The molecule has 0 saturated carbocycles. The van der Waals surface area contributed by atoms with Crippen LogP contribution in [-0.2, 0) is 17.1 Å². The molecule has 101 valence electrons. The van der Waals surface area contributed by atoms with Crippen molar-refractivity contribution in [1.82, 2.24) is 0 Å². The summed E-state index contributed by atoms with van der Waals surface area (Å²) >= 11 is 0. The van der Waals surface area contributed by atoms with Crippen LogP contribution in [-0.4, -0.2) is 39.3 Å². The first kappa shape index (κ1) is 25.3. The van der Waals surface area contributed by atoms with Gasteiger partial charge in [0.05, 0.1) is 0 Å². The maximum atomic E-state index is 3.97. The normalized spacial score (nSPS) is 7.88. The third-order valence-corrected chi connectivity index (χ3v) is 1.34. The van der Waals surface area contributed by atoms with Gasteiger partial charge in [0.15, 0.2) is 0 Å². The average Bonchev–Trinajstić information content (AvgIpc) is 2.23. The van der Waals surface area contributed by atoms with Crippen molar-refractivity contribution in [2.45, 2.75) is 41.5 Å². The molecule has 0 unspecified atom stereocenters. The van der Waals surface area contributed by atoms with Gasteiger partial charge in [0, 0.05) is 0 Å². The molecular formula is C12H30FeN3. The summed E-state index contributed by atoms with van der Waals surface area (Å²) in [6.45, 7) is 18.1. The Bertz CT molecular complexity index is 53.0. The van der Waals surface area contributed by atoms with E-state index in [4.69, 9.17) is 0 Å². The minimum Gasteiger partial charge on any atom is -0.663 e. The quantitative estimate of drug-likeness (QED) is 0.650. The van der Waals surface area contributed by atoms with Crippen LogP contribution in [0.4, 0.5) is 0 Å². The Labute approximate surface area is 114 Å². The molecule has 0 aliphatic rings. The van der Waals surface area contributed by atoms with Crippen LogP contribution in [0.25, 0.3) is 16.0 Å². The molecule has 0 aliphatic heterocycles. The van der Waals surface area contributed by atoms with Crippen LogP contribution < -0.4 is 0 Å². The van der Waals surface area contributed by atoms with Gasteiger partial charge in [0.2, 0.25) is 0 Å². The van der Waals surface area contributed by atoms with E-state index in [0.717, 1.165) is 39.3 Å². The molecule has 0 aliphatic carbocycles. The molecule has 1 radical (unpaired) electrons. The van der Waals surface area contributed by atoms with E-state index in [1.807, 2.05) is 41.5 Å². The van der Waals surface area contributed by atoms with E-state index in [2.05, 4.69) is 16.0 Å². The van der Waals surface area contributed by atoms with Gasteiger partial charge in [0.1, 0.15) is 0 Å². The molecule has 0 rings (SSSR count). The average molecular weight is 272 g/mol. The second-order valence-electron chi connectivity index (χ2n) is 2.57. The second-order valence-corrected chi connectivity index (χ2v) is 2.57. The number of rotatable bonds is 6. The van der Waals surface area contributed by atoms with Gasteiger partial charge < -0.3 is 16.0 Å². The largest absolute Gasteiger partial charge is 3.00 e. The maximum absolute atomic E-state index is 3.97. The van der Waals surface area contributed by atoms with E-state index < -0.39 is 0 Å². The summed E-state index contributed by atoms with van der Waals surface area (Å²) in [5.41, 5.74) is 0. The fourth-order valence-corrected chi connectivity index (χ4v) is 0.671. The second kappa shape index (κ2) is 36.1. The van der Waals surface area contributed by atoms with Crippen molar-refractivity contribution in [2.75, 3.05) is 39.3 Å². The van der Waals surface area contributed by atoms with Crippen LogP contribution in [0.1, 0.15) is 41.5 Å². The Morgan fingerprint density at radius 1 is 0.438 bits per heavy atom. The summed E-state index contributed by atoms with van der Waals surface area (Å²) in [5.74, 6) is 0. The fraction of sp³-hybridized carbons (Fsp3) is 1.00. The Morgan fingerprint density at radius 3 is 0.562 bits per heavy atom. The van der Waals surface area contributed by atoms with Crippen LogP contribution in [0.5, 0.6) is 0 Å². The zero-order valence-corrected chi connectivity index (χ0v) is 13.0. The Balaban J connectivity index is -0.0000000655. The van der Waals surface area contributed by atoms with E-state index in [-0.39, 0.29) is 17.1 Å². The number of hydrogen-bond donors (Lipinski definition) is 0. The van der Waals surface area contributed by atoms with Crippen LogP contribution in [0.3, 0.4) is 0 Å². The monoisotopic (exact) mass is 272 g/mol. The summed E-state index contributed by atoms with van der Waals surface area (Å²) in [7, 11) is 0. The van der Waals surface area contributed by atoms with Crippen molar-refractivity contribution in [2.24, 2.45) is 0 Å². The molecule has 0 saturated heterocycles. The van der Waals surface area contributed by atoms with E-state index >= 15 is 0 Å². The van der Waals surface area contributed by atoms with Gasteiger partial charge in [-0.05, 0) is 0 Å². The number of hydrogen-bond acceptors (Lipinski definition) is 0. The molecule has 0 aromatic carbocycles. The van der Waals surface area contributed by atoms with E-state index in [9.17, 15) is 0 Å². The van der Waals surface area contributed by atoms with Crippen LogP contribution in [0.15, 0.2) is 0 Å². The van der Waals surface area contributed by atoms with Gasteiger partial charge in [-0.1, -0.05) is 41.5 Å². The molecule has 0 spiro atoms. The molecule has 0 N–H and O–H groups in total. The van der Waals surface area contributed by atoms with Crippen molar-refractivity contribution in [3.63, 3.8) is 0 Å². The van der Waals surface area contributed by atoms with Crippen molar-refractivity contribution < 1.29 is 17.1 Å². The van der Waals surface area contributed by atoms with E-state index in [1.165, 1.54) is 0 Å². The number of nitrogens with zero attached hydrogens (tertiary/aromatic N) is 3. The van der Waals surface area contributed by atoms with Gasteiger partial charge in [-0.15, -0.1) is 0 Å². The molecule has 0 fully saturated rings. The topological polar surface area (TPSA) is 42.3 Å². The third-order valence-electron chi connectivity index (χ3n) is 1.34. The molecule has 0 amide bonds. The minimum atomic E-state index is 0. The van der Waals surface area contributed by atoms with Crippen LogP contribution in [0.2, 0.25) is 0 Å². The molecule has 0 bridgehead atoms. The molecule has 4 heteroatoms. The molecule has 0 aromatic heterocycles. The van der Waals surface area contributed by atoms with Gasteiger partial charge >= 0.3 is 17.1 Å². The first-order valence-electron chi connectivity index (χ1n) is 6.14. The molecule has 0 heterocycles. The maximum Gasteiger partial charge on any atom is 3.00 e. The predicted molar refractivity (Wildman–Crippen MR) is 73.3 cm³/mol. The molecule has 16 heavy (non-hydrogen) atoms. The zero-order chi connectivity index (χ0) is 12.4. The van der Waals surface area contributed by atoms with Gasteiger partial charge in [-0.2, -0.15) is 39.3 Å². The summed E-state index contributed by atoms with van der Waals surface area (Å²) in [6.07, 6.45) is 0. The van der Waals surface area contributed by atoms with E-state index in [0.29, 0.717) is 0 Å². The molecule has 3 nitrogen and oxygen atoms in total. The van der Waals surface area contributed by atoms with Crippen molar-refractivity contribution in [3.05, 3.63) is 16.0 Å². The molecular weight excluding hydrogens is 242 g/mol. The zero-order valence-electron chi connectivity index (χ0n) is 11.9. The first-order valence-corrected chi connectivity index (χ1v) is 6.14. The van der Waals surface area contributed by atoms with Crippen LogP contribution in [0, 0.1) is 0 Å². The molecule has 0 atom stereocenters. The van der Waals surface area contributed by atoms with Crippen LogP contribution >= 0.6 is 0 Å². The van der Waals surface area contributed by atoms with Crippen molar-refractivity contribution in [3.8, 4) is 0 Å². The van der Waals surface area contributed by atoms with Gasteiger partial charge in [-0.3, -0.25) is 0 Å². The summed E-state index contributed by atoms with van der Waals surface area (Å²) < 4.78 is 0. The third kappa shape index (κ3) is 63.1. The Kier molecular flexibility index (Phi) is 57.1. The van der Waals surface area contributed by atoms with Gasteiger partial charge in [-0.25, -0.2) is 0 Å². The summed E-state index contributed by atoms with van der Waals surface area (Å²) in [4.78, 5) is 0. The van der Waals surface area contributed by atoms with Crippen molar-refractivity contribution >= 4 is 0 Å². The smallest absolute Gasteiger partial charge is 0.663 e. The SMILES string of the molecule is CC[N-]CC.CC[N-]CC.CC[N-]CC.[Fe+3].